The summed E-state index contributed by atoms with van der Waals surface area (Å²) in [6.45, 7) is 7.79. The number of anilines is 1. The van der Waals surface area contributed by atoms with Crippen LogP contribution in [0.15, 0.2) is 70.7 Å². The van der Waals surface area contributed by atoms with Crippen LogP contribution in [0.4, 0.5) is 11.4 Å². The second kappa shape index (κ2) is 12.5. The molecule has 1 N–H and O–H groups in total. The van der Waals surface area contributed by atoms with Gasteiger partial charge in [-0.1, -0.05) is 43.0 Å². The van der Waals surface area contributed by atoms with Crippen molar-refractivity contribution >= 4 is 40.2 Å². The minimum atomic E-state index is -4.06. The van der Waals surface area contributed by atoms with Crippen LogP contribution in [-0.4, -0.2) is 39.8 Å². The van der Waals surface area contributed by atoms with Crippen molar-refractivity contribution in [3.05, 3.63) is 83.2 Å². The highest BCUT2D eigenvalue weighted by Crippen LogP contribution is 2.32. The molecule has 9 heteroatoms. The van der Waals surface area contributed by atoms with E-state index in [4.69, 9.17) is 4.74 Å². The lowest BCUT2D eigenvalue weighted by molar-refractivity contribution is 0.0594. The molecule has 0 spiro atoms. The van der Waals surface area contributed by atoms with Crippen molar-refractivity contribution in [2.24, 2.45) is 4.99 Å². The van der Waals surface area contributed by atoms with Crippen molar-refractivity contribution < 1.29 is 22.7 Å². The number of methoxy groups -OCH3 is 1. The lowest BCUT2D eigenvalue weighted by atomic mass is 10.1. The standard InChI is InChI=1S/C28H27N3O5S/c1-5-7-9-22-10-8-11-26(27(22)29-3)37(33,34)31-25-18-23(36-6-2)16-15-21(25)14-12-20-13-17-24(30-19-20)28(32)35-4/h7-11,13,15-19,31H,3,5-6H2,1-2,4H3/b9-7-. The van der Waals surface area contributed by atoms with Gasteiger partial charge in [0.1, 0.15) is 16.3 Å². The maximum atomic E-state index is 13.5. The Morgan fingerprint density at radius 3 is 2.62 bits per heavy atom. The van der Waals surface area contributed by atoms with Crippen LogP contribution in [0.5, 0.6) is 5.75 Å². The Bertz CT molecular complexity index is 1480. The summed E-state index contributed by atoms with van der Waals surface area (Å²) in [6.07, 6.45) is 5.96. The van der Waals surface area contributed by atoms with Gasteiger partial charge in [-0.05, 0) is 50.4 Å². The van der Waals surface area contributed by atoms with Crippen LogP contribution >= 0.6 is 0 Å². The van der Waals surface area contributed by atoms with Crippen LogP contribution in [0.1, 0.15) is 47.4 Å². The summed E-state index contributed by atoms with van der Waals surface area (Å²) in [5.41, 5.74) is 2.24. The molecular weight excluding hydrogens is 490 g/mol. The first-order chi connectivity index (χ1) is 17.8. The molecule has 2 aromatic carbocycles. The number of rotatable bonds is 9. The Balaban J connectivity index is 2.02. The topological polar surface area (TPSA) is 107 Å². The van der Waals surface area contributed by atoms with Gasteiger partial charge in [-0.15, -0.1) is 0 Å². The highest BCUT2D eigenvalue weighted by atomic mass is 32.2. The molecule has 0 aliphatic rings. The van der Waals surface area contributed by atoms with Crippen molar-refractivity contribution in [1.29, 1.82) is 0 Å². The average Bonchev–Trinajstić information content (AvgIpc) is 2.91. The van der Waals surface area contributed by atoms with Gasteiger partial charge in [0.15, 0.2) is 0 Å². The number of allylic oxidation sites excluding steroid dienone is 1. The number of sulfonamides is 1. The first-order valence-corrected chi connectivity index (χ1v) is 12.9. The van der Waals surface area contributed by atoms with Gasteiger partial charge in [0.05, 0.1) is 25.1 Å². The van der Waals surface area contributed by atoms with Crippen molar-refractivity contribution in [1.82, 2.24) is 4.98 Å². The van der Waals surface area contributed by atoms with Crippen LogP contribution in [0.25, 0.3) is 6.08 Å². The molecular formula is C28H27N3O5S. The predicted molar refractivity (Wildman–Crippen MR) is 145 cm³/mol. The molecule has 0 radical (unpaired) electrons. The number of hydrogen-bond acceptors (Lipinski definition) is 7. The van der Waals surface area contributed by atoms with E-state index in [1.54, 1.807) is 36.4 Å². The van der Waals surface area contributed by atoms with Gasteiger partial charge in [-0.25, -0.2) is 18.2 Å². The number of aliphatic imine (C=N–C) groups is 1. The van der Waals surface area contributed by atoms with E-state index >= 15 is 0 Å². The Morgan fingerprint density at radius 1 is 1.16 bits per heavy atom. The van der Waals surface area contributed by atoms with Crippen LogP contribution < -0.4 is 9.46 Å². The number of aromatic nitrogens is 1. The maximum Gasteiger partial charge on any atom is 0.356 e. The number of para-hydroxylation sites is 1. The minimum absolute atomic E-state index is 0.0101. The smallest absolute Gasteiger partial charge is 0.356 e. The molecule has 1 heterocycles. The SMILES string of the molecule is C=Nc1c(/C=C\CC)cccc1S(=O)(=O)Nc1cc(OCC)ccc1C#Cc1ccc(C(=O)OC)nc1. The molecule has 3 aromatic rings. The molecule has 0 bridgehead atoms. The van der Waals surface area contributed by atoms with Crippen molar-refractivity contribution in [2.45, 2.75) is 25.2 Å². The lowest BCUT2D eigenvalue weighted by Gasteiger charge is -2.14. The number of carbonyl (C=O) groups is 1. The van der Waals surface area contributed by atoms with Gasteiger partial charge >= 0.3 is 5.97 Å². The molecule has 0 unspecified atom stereocenters. The first-order valence-electron chi connectivity index (χ1n) is 11.4. The number of nitrogens with zero attached hydrogens (tertiary/aromatic N) is 2. The zero-order valence-electron chi connectivity index (χ0n) is 20.8. The monoisotopic (exact) mass is 517 g/mol. The lowest BCUT2D eigenvalue weighted by Crippen LogP contribution is -2.14. The third-order valence-electron chi connectivity index (χ3n) is 5.06. The molecule has 37 heavy (non-hydrogen) atoms. The van der Waals surface area contributed by atoms with E-state index < -0.39 is 16.0 Å². The number of hydrogen-bond donors (Lipinski definition) is 1. The fraction of sp³-hybridized carbons (Fsp3) is 0.179. The zero-order chi connectivity index (χ0) is 26.8. The average molecular weight is 518 g/mol. The largest absolute Gasteiger partial charge is 0.494 e. The highest BCUT2D eigenvalue weighted by molar-refractivity contribution is 7.92. The molecule has 0 aliphatic carbocycles. The van der Waals surface area contributed by atoms with E-state index in [1.165, 1.54) is 25.4 Å². The Hall–Kier alpha value is -4.42. The van der Waals surface area contributed by atoms with E-state index in [0.717, 1.165) is 6.42 Å². The second-order valence-electron chi connectivity index (χ2n) is 7.58. The fourth-order valence-corrected chi connectivity index (χ4v) is 4.57. The van der Waals surface area contributed by atoms with Crippen LogP contribution in [0.3, 0.4) is 0 Å². The van der Waals surface area contributed by atoms with E-state index in [0.29, 0.717) is 29.0 Å². The summed E-state index contributed by atoms with van der Waals surface area (Å²) in [6, 6.07) is 13.0. The fourth-order valence-electron chi connectivity index (χ4n) is 3.31. The quantitative estimate of drug-likeness (QED) is 0.237. The van der Waals surface area contributed by atoms with Crippen molar-refractivity contribution in [3.8, 4) is 17.6 Å². The molecule has 0 amide bonds. The molecule has 0 aliphatic heterocycles. The number of carbonyl (C=O) groups excluding carboxylic acids is 1. The van der Waals surface area contributed by atoms with Gasteiger partial charge < -0.3 is 9.47 Å². The Labute approximate surface area is 217 Å². The summed E-state index contributed by atoms with van der Waals surface area (Å²) in [5.74, 6) is 5.84. The van der Waals surface area contributed by atoms with E-state index in [2.05, 4.69) is 38.0 Å². The third-order valence-corrected chi connectivity index (χ3v) is 6.45. The van der Waals surface area contributed by atoms with Crippen molar-refractivity contribution in [2.75, 3.05) is 18.4 Å². The molecule has 1 aromatic heterocycles. The van der Waals surface area contributed by atoms with Gasteiger partial charge in [0.2, 0.25) is 0 Å². The Kier molecular flexibility index (Phi) is 9.19. The third kappa shape index (κ3) is 6.84. The molecule has 190 valence electrons. The van der Waals surface area contributed by atoms with Crippen molar-refractivity contribution in [3.63, 3.8) is 0 Å². The summed E-state index contributed by atoms with van der Waals surface area (Å²) >= 11 is 0. The van der Waals surface area contributed by atoms with E-state index in [-0.39, 0.29) is 22.0 Å². The van der Waals surface area contributed by atoms with E-state index in [9.17, 15) is 13.2 Å². The van der Waals surface area contributed by atoms with Crippen LogP contribution in [-0.2, 0) is 14.8 Å². The van der Waals surface area contributed by atoms with E-state index in [1.807, 2.05) is 26.0 Å². The summed E-state index contributed by atoms with van der Waals surface area (Å²) in [4.78, 5) is 19.6. The van der Waals surface area contributed by atoms with Crippen LogP contribution in [0, 0.1) is 11.8 Å². The maximum absolute atomic E-state index is 13.5. The minimum Gasteiger partial charge on any atom is -0.494 e. The molecule has 0 saturated heterocycles. The molecule has 0 saturated carbocycles. The molecule has 3 rings (SSSR count). The Morgan fingerprint density at radius 2 is 1.97 bits per heavy atom. The molecule has 8 nitrogen and oxygen atoms in total. The number of benzene rings is 2. The van der Waals surface area contributed by atoms with Gasteiger partial charge in [-0.2, -0.15) is 0 Å². The van der Waals surface area contributed by atoms with Crippen LogP contribution in [0.2, 0.25) is 0 Å². The van der Waals surface area contributed by atoms with Gasteiger partial charge in [-0.3, -0.25) is 9.71 Å². The summed E-state index contributed by atoms with van der Waals surface area (Å²) in [5, 5.41) is 0. The molecule has 0 atom stereocenters. The highest BCUT2D eigenvalue weighted by Gasteiger charge is 2.21. The number of pyridine rings is 1. The van der Waals surface area contributed by atoms with Gasteiger partial charge in [0.25, 0.3) is 10.0 Å². The molecule has 0 fully saturated rings. The predicted octanol–water partition coefficient (Wildman–Crippen LogP) is 5.22. The van der Waals surface area contributed by atoms with Gasteiger partial charge in [0, 0.05) is 29.0 Å². The first kappa shape index (κ1) is 27.2. The summed E-state index contributed by atoms with van der Waals surface area (Å²) < 4.78 is 39.8. The number of esters is 1. The summed E-state index contributed by atoms with van der Waals surface area (Å²) in [7, 11) is -2.79. The normalized spacial score (nSPS) is 10.9. The number of nitrogens with one attached hydrogen (secondary N) is 1. The zero-order valence-corrected chi connectivity index (χ0v) is 21.6. The number of ether oxygens (including phenoxy) is 2. The second-order valence-corrected chi connectivity index (χ2v) is 9.23.